The Bertz CT molecular complexity index is 246. The second kappa shape index (κ2) is 12.1. The fourth-order valence-corrected chi connectivity index (χ4v) is 1.16. The van der Waals surface area contributed by atoms with Crippen molar-refractivity contribution in [1.82, 2.24) is 16.0 Å². The molecule has 0 bridgehead atoms. The predicted molar refractivity (Wildman–Crippen MR) is 70.7 cm³/mol. The number of guanidine groups is 1. The van der Waals surface area contributed by atoms with Crippen molar-refractivity contribution in [2.24, 2.45) is 4.99 Å². The Hall–Kier alpha value is -1.34. The van der Waals surface area contributed by atoms with Gasteiger partial charge in [-0.1, -0.05) is 0 Å². The molecule has 0 saturated heterocycles. The molecule has 0 aliphatic carbocycles. The smallest absolute Gasteiger partial charge is 0.239 e. The van der Waals surface area contributed by atoms with E-state index in [1.54, 1.807) is 21.3 Å². The molecule has 3 N–H and O–H groups in total. The zero-order valence-electron chi connectivity index (χ0n) is 11.4. The Morgan fingerprint density at radius 2 is 1.78 bits per heavy atom. The third kappa shape index (κ3) is 9.86. The lowest BCUT2D eigenvalue weighted by atomic mass is 10.4. The molecule has 106 valence electrons. The second-order valence-electron chi connectivity index (χ2n) is 3.54. The highest BCUT2D eigenvalue weighted by Crippen LogP contribution is 1.77. The Morgan fingerprint density at radius 3 is 2.39 bits per heavy atom. The first-order chi connectivity index (χ1) is 8.74. The monoisotopic (exact) mass is 260 g/mol. The van der Waals surface area contributed by atoms with Crippen LogP contribution in [0, 0.1) is 0 Å². The summed E-state index contributed by atoms with van der Waals surface area (Å²) in [6.45, 7) is 2.65. The van der Waals surface area contributed by atoms with E-state index in [4.69, 9.17) is 9.47 Å². The van der Waals surface area contributed by atoms with Gasteiger partial charge in [-0.15, -0.1) is 0 Å². The van der Waals surface area contributed by atoms with Gasteiger partial charge in [-0.05, 0) is 6.42 Å². The summed E-state index contributed by atoms with van der Waals surface area (Å²) in [5.74, 6) is 0.514. The number of methoxy groups -OCH3 is 2. The number of ether oxygens (including phenoxy) is 2. The number of carbonyl (C=O) groups excluding carboxylic acids is 1. The molecule has 0 rings (SSSR count). The highest BCUT2D eigenvalue weighted by Gasteiger charge is 2.02. The van der Waals surface area contributed by atoms with Crippen LogP contribution in [-0.2, 0) is 14.3 Å². The van der Waals surface area contributed by atoms with Crippen molar-refractivity contribution in [2.45, 2.75) is 6.42 Å². The molecule has 0 heterocycles. The molecule has 0 spiro atoms. The molecule has 0 saturated carbocycles. The summed E-state index contributed by atoms with van der Waals surface area (Å²) in [5, 5.41) is 8.71. The van der Waals surface area contributed by atoms with E-state index in [0.29, 0.717) is 25.7 Å². The standard InChI is InChI=1S/C11H24N4O3/c1-12-11(14-5-4-7-17-2)15-9-10(16)13-6-8-18-3/h4-9H2,1-3H3,(H,13,16)(H2,12,14,15). The van der Waals surface area contributed by atoms with E-state index in [1.807, 2.05) is 0 Å². The van der Waals surface area contributed by atoms with Gasteiger partial charge in [-0.3, -0.25) is 9.79 Å². The van der Waals surface area contributed by atoms with Gasteiger partial charge in [0, 0.05) is 41.0 Å². The molecular weight excluding hydrogens is 236 g/mol. The first-order valence-electron chi connectivity index (χ1n) is 5.93. The lowest BCUT2D eigenvalue weighted by Gasteiger charge is -2.11. The number of amides is 1. The van der Waals surface area contributed by atoms with Crippen LogP contribution in [0.5, 0.6) is 0 Å². The van der Waals surface area contributed by atoms with Gasteiger partial charge in [-0.25, -0.2) is 0 Å². The van der Waals surface area contributed by atoms with Gasteiger partial charge in [0.05, 0.1) is 13.2 Å². The van der Waals surface area contributed by atoms with Gasteiger partial charge >= 0.3 is 0 Å². The summed E-state index contributed by atoms with van der Waals surface area (Å²) >= 11 is 0. The molecule has 0 unspecified atom stereocenters. The number of nitrogens with one attached hydrogen (secondary N) is 3. The SMILES string of the molecule is CN=C(NCCCOC)NCC(=O)NCCOC. The minimum atomic E-state index is -0.0908. The van der Waals surface area contributed by atoms with E-state index < -0.39 is 0 Å². The molecule has 0 aromatic carbocycles. The normalized spacial score (nSPS) is 11.2. The summed E-state index contributed by atoms with van der Waals surface area (Å²) < 4.78 is 9.77. The van der Waals surface area contributed by atoms with Crippen LogP contribution < -0.4 is 16.0 Å². The first-order valence-corrected chi connectivity index (χ1v) is 5.93. The van der Waals surface area contributed by atoms with Crippen LogP contribution in [0.1, 0.15) is 6.42 Å². The van der Waals surface area contributed by atoms with Crippen molar-refractivity contribution in [3.63, 3.8) is 0 Å². The Morgan fingerprint density at radius 1 is 1.06 bits per heavy atom. The Kier molecular flexibility index (Phi) is 11.2. The van der Waals surface area contributed by atoms with E-state index >= 15 is 0 Å². The summed E-state index contributed by atoms with van der Waals surface area (Å²) in [6, 6.07) is 0. The molecule has 7 heteroatoms. The highest BCUT2D eigenvalue weighted by atomic mass is 16.5. The molecule has 0 atom stereocenters. The number of hydrogen-bond donors (Lipinski definition) is 3. The van der Waals surface area contributed by atoms with Crippen molar-refractivity contribution in [2.75, 3.05) is 54.1 Å². The van der Waals surface area contributed by atoms with Crippen LogP contribution in [0.2, 0.25) is 0 Å². The number of rotatable bonds is 9. The molecule has 0 aromatic rings. The quantitative estimate of drug-likeness (QED) is 0.280. The molecular formula is C11H24N4O3. The molecule has 0 aromatic heterocycles. The van der Waals surface area contributed by atoms with Crippen LogP contribution in [0.3, 0.4) is 0 Å². The van der Waals surface area contributed by atoms with Crippen molar-refractivity contribution in [3.05, 3.63) is 0 Å². The Labute approximate surface area is 108 Å². The maximum Gasteiger partial charge on any atom is 0.239 e. The largest absolute Gasteiger partial charge is 0.385 e. The lowest BCUT2D eigenvalue weighted by molar-refractivity contribution is -0.120. The average Bonchev–Trinajstić information content (AvgIpc) is 2.38. The van der Waals surface area contributed by atoms with Crippen molar-refractivity contribution >= 4 is 11.9 Å². The maximum absolute atomic E-state index is 11.4. The van der Waals surface area contributed by atoms with Crippen LogP contribution in [-0.4, -0.2) is 66.0 Å². The molecule has 7 nitrogen and oxygen atoms in total. The van der Waals surface area contributed by atoms with Crippen LogP contribution >= 0.6 is 0 Å². The molecule has 0 aliphatic rings. The number of nitrogens with zero attached hydrogens (tertiary/aromatic N) is 1. The zero-order valence-corrected chi connectivity index (χ0v) is 11.4. The number of carbonyl (C=O) groups is 1. The molecule has 1 amide bonds. The number of hydrogen-bond acceptors (Lipinski definition) is 4. The summed E-state index contributed by atoms with van der Waals surface area (Å²) in [6.07, 6.45) is 0.886. The summed E-state index contributed by atoms with van der Waals surface area (Å²) in [4.78, 5) is 15.4. The second-order valence-corrected chi connectivity index (χ2v) is 3.54. The lowest BCUT2D eigenvalue weighted by Crippen LogP contribution is -2.44. The maximum atomic E-state index is 11.4. The van der Waals surface area contributed by atoms with E-state index in [-0.39, 0.29) is 12.5 Å². The van der Waals surface area contributed by atoms with E-state index in [0.717, 1.165) is 13.0 Å². The Balaban J connectivity index is 3.63. The zero-order chi connectivity index (χ0) is 13.6. The first kappa shape index (κ1) is 16.7. The van der Waals surface area contributed by atoms with Gasteiger partial charge in [-0.2, -0.15) is 0 Å². The average molecular weight is 260 g/mol. The molecule has 0 radical (unpaired) electrons. The minimum Gasteiger partial charge on any atom is -0.385 e. The summed E-state index contributed by atoms with van der Waals surface area (Å²) in [5.41, 5.74) is 0. The van der Waals surface area contributed by atoms with E-state index in [9.17, 15) is 4.79 Å². The predicted octanol–water partition coefficient (Wildman–Crippen LogP) is -1.05. The van der Waals surface area contributed by atoms with Crippen molar-refractivity contribution in [1.29, 1.82) is 0 Å². The third-order valence-electron chi connectivity index (χ3n) is 2.09. The third-order valence-corrected chi connectivity index (χ3v) is 2.09. The van der Waals surface area contributed by atoms with Crippen LogP contribution in [0.15, 0.2) is 4.99 Å². The van der Waals surface area contributed by atoms with Crippen molar-refractivity contribution in [3.8, 4) is 0 Å². The van der Waals surface area contributed by atoms with Crippen molar-refractivity contribution < 1.29 is 14.3 Å². The van der Waals surface area contributed by atoms with E-state index in [1.165, 1.54) is 0 Å². The highest BCUT2D eigenvalue weighted by molar-refractivity contribution is 5.86. The van der Waals surface area contributed by atoms with Gasteiger partial charge in [0.15, 0.2) is 5.96 Å². The van der Waals surface area contributed by atoms with Gasteiger partial charge in [0.1, 0.15) is 0 Å². The van der Waals surface area contributed by atoms with E-state index in [2.05, 4.69) is 20.9 Å². The fraction of sp³-hybridized carbons (Fsp3) is 0.818. The van der Waals surface area contributed by atoms with Gasteiger partial charge in [0.25, 0.3) is 0 Å². The molecule has 0 aliphatic heterocycles. The number of aliphatic imine (C=N–C) groups is 1. The topological polar surface area (TPSA) is 84.0 Å². The minimum absolute atomic E-state index is 0.0908. The van der Waals surface area contributed by atoms with Gasteiger partial charge < -0.3 is 25.4 Å². The molecule has 0 fully saturated rings. The molecule has 18 heavy (non-hydrogen) atoms. The summed E-state index contributed by atoms with van der Waals surface area (Å²) in [7, 11) is 4.92. The fourth-order valence-electron chi connectivity index (χ4n) is 1.16. The van der Waals surface area contributed by atoms with Crippen LogP contribution in [0.25, 0.3) is 0 Å². The van der Waals surface area contributed by atoms with Gasteiger partial charge in [0.2, 0.25) is 5.91 Å². The van der Waals surface area contributed by atoms with Crippen LogP contribution in [0.4, 0.5) is 0 Å².